The summed E-state index contributed by atoms with van der Waals surface area (Å²) in [4.78, 5) is 12.9. The lowest BCUT2D eigenvalue weighted by molar-refractivity contribution is -0.164. The summed E-state index contributed by atoms with van der Waals surface area (Å²) >= 11 is 2.80. The zero-order valence-electron chi connectivity index (χ0n) is 19.8. The Morgan fingerprint density at radius 2 is 2.17 bits per heavy atom. The molecule has 36 heavy (non-hydrogen) atoms. The van der Waals surface area contributed by atoms with Gasteiger partial charge in [-0.3, -0.25) is 4.90 Å². The van der Waals surface area contributed by atoms with Crippen molar-refractivity contribution in [3.63, 3.8) is 0 Å². The molecule has 2 unspecified atom stereocenters. The van der Waals surface area contributed by atoms with Gasteiger partial charge in [0.2, 0.25) is 0 Å². The monoisotopic (exact) mass is 528 g/mol. The normalized spacial score (nSPS) is 20.9. The standard InChI is InChI=1S/C26H26F2N4O2S2/c1-15-16(6-8-32(15)9-11-34-22-4-2-3-10-33-22)20-12-17-19(5-7-29-26(17)36-20)31-24-18(27)13-21-25(23(24)28)30-14-35-21/h5-7,12-15,22H,2-4,8-11H2,1H3,(H,29,31). The van der Waals surface area contributed by atoms with Gasteiger partial charge in [-0.1, -0.05) is 6.08 Å². The summed E-state index contributed by atoms with van der Waals surface area (Å²) in [6.07, 6.45) is 7.07. The van der Waals surface area contributed by atoms with Crippen molar-refractivity contribution in [3.05, 3.63) is 52.5 Å². The van der Waals surface area contributed by atoms with Crippen LogP contribution in [0.3, 0.4) is 0 Å². The van der Waals surface area contributed by atoms with Crippen LogP contribution in [0, 0.1) is 11.6 Å². The summed E-state index contributed by atoms with van der Waals surface area (Å²) in [5.41, 5.74) is 3.33. The molecule has 188 valence electrons. The van der Waals surface area contributed by atoms with Crippen molar-refractivity contribution in [3.8, 4) is 0 Å². The van der Waals surface area contributed by atoms with E-state index in [1.54, 1.807) is 23.6 Å². The maximum Gasteiger partial charge on any atom is 0.176 e. The topological polar surface area (TPSA) is 59.5 Å². The molecule has 1 aromatic carbocycles. The van der Waals surface area contributed by atoms with E-state index in [1.165, 1.54) is 28.5 Å². The fourth-order valence-corrected chi connectivity index (χ4v) is 6.70. The molecule has 1 N–H and O–H groups in total. The number of hydrogen-bond donors (Lipinski definition) is 1. The van der Waals surface area contributed by atoms with Crippen LogP contribution >= 0.6 is 22.7 Å². The number of halogens is 2. The molecule has 0 saturated carbocycles. The lowest BCUT2D eigenvalue weighted by Gasteiger charge is -2.26. The quantitative estimate of drug-likeness (QED) is 0.293. The molecule has 5 heterocycles. The fraction of sp³-hybridized carbons (Fsp3) is 0.385. The van der Waals surface area contributed by atoms with Gasteiger partial charge in [-0.2, -0.15) is 0 Å². The number of aromatic nitrogens is 2. The smallest absolute Gasteiger partial charge is 0.176 e. The number of anilines is 2. The number of nitrogens with one attached hydrogen (secondary N) is 1. The minimum atomic E-state index is -0.685. The number of rotatable bonds is 7. The van der Waals surface area contributed by atoms with Crippen LogP contribution in [-0.4, -0.2) is 53.5 Å². The van der Waals surface area contributed by atoms with E-state index in [-0.39, 0.29) is 23.5 Å². The SMILES string of the molecule is CC1C(c2cc3c(Nc4c(F)cc5scnc5c4F)ccnc3s2)=CCN1CCOC1CCCCO1. The van der Waals surface area contributed by atoms with Crippen LogP contribution in [0.2, 0.25) is 0 Å². The Hall–Kier alpha value is -2.50. The number of pyridine rings is 1. The van der Waals surface area contributed by atoms with Crippen LogP contribution in [0.25, 0.3) is 26.0 Å². The average Bonchev–Trinajstić information content (AvgIpc) is 3.61. The van der Waals surface area contributed by atoms with Crippen LogP contribution in [0.15, 0.2) is 36.0 Å². The summed E-state index contributed by atoms with van der Waals surface area (Å²) in [7, 11) is 0. The average molecular weight is 529 g/mol. The third-order valence-corrected chi connectivity index (χ3v) is 8.73. The predicted octanol–water partition coefficient (Wildman–Crippen LogP) is 6.56. The van der Waals surface area contributed by atoms with Gasteiger partial charge in [-0.25, -0.2) is 18.7 Å². The Balaban J connectivity index is 1.19. The van der Waals surface area contributed by atoms with Crippen molar-refractivity contribution < 1.29 is 18.3 Å². The van der Waals surface area contributed by atoms with E-state index in [4.69, 9.17) is 9.47 Å². The van der Waals surface area contributed by atoms with E-state index >= 15 is 4.39 Å². The zero-order valence-corrected chi connectivity index (χ0v) is 21.4. The molecule has 1 saturated heterocycles. The second-order valence-electron chi connectivity index (χ2n) is 9.06. The van der Waals surface area contributed by atoms with Gasteiger partial charge in [0.15, 0.2) is 17.9 Å². The van der Waals surface area contributed by atoms with E-state index < -0.39 is 11.6 Å². The lowest BCUT2D eigenvalue weighted by Crippen LogP contribution is -2.34. The Kier molecular flexibility index (Phi) is 6.70. The highest BCUT2D eigenvalue weighted by Gasteiger charge is 2.26. The highest BCUT2D eigenvalue weighted by Crippen LogP contribution is 2.39. The van der Waals surface area contributed by atoms with Crippen LogP contribution in [-0.2, 0) is 9.47 Å². The number of fused-ring (bicyclic) bond motifs is 2. The highest BCUT2D eigenvalue weighted by molar-refractivity contribution is 7.19. The number of thiazole rings is 1. The number of nitrogens with zero attached hydrogens (tertiary/aromatic N) is 3. The van der Waals surface area contributed by atoms with E-state index in [0.717, 1.165) is 54.1 Å². The molecule has 2 atom stereocenters. The lowest BCUT2D eigenvalue weighted by atomic mass is 10.1. The molecule has 0 aliphatic carbocycles. The molecule has 0 bridgehead atoms. The molecule has 0 radical (unpaired) electrons. The van der Waals surface area contributed by atoms with Crippen molar-refractivity contribution in [2.45, 2.75) is 38.5 Å². The van der Waals surface area contributed by atoms with Gasteiger partial charge >= 0.3 is 0 Å². The first kappa shape index (κ1) is 23.9. The van der Waals surface area contributed by atoms with Gasteiger partial charge in [0.05, 0.1) is 22.5 Å². The maximum absolute atomic E-state index is 15.0. The molecule has 6 rings (SSSR count). The van der Waals surface area contributed by atoms with Crippen LogP contribution in [0.1, 0.15) is 31.1 Å². The van der Waals surface area contributed by atoms with E-state index in [0.29, 0.717) is 17.0 Å². The summed E-state index contributed by atoms with van der Waals surface area (Å²) in [5.74, 6) is -1.33. The molecule has 0 amide bonds. The summed E-state index contributed by atoms with van der Waals surface area (Å²) in [5, 5.41) is 3.80. The molecule has 1 fully saturated rings. The van der Waals surface area contributed by atoms with Crippen molar-refractivity contribution >= 4 is 60.1 Å². The molecule has 2 aliphatic rings. The largest absolute Gasteiger partial charge is 0.353 e. The molecular weight excluding hydrogens is 502 g/mol. The van der Waals surface area contributed by atoms with Gasteiger partial charge in [0, 0.05) is 42.2 Å². The van der Waals surface area contributed by atoms with Gasteiger partial charge in [0.1, 0.15) is 16.0 Å². The number of ether oxygens (including phenoxy) is 2. The zero-order chi connectivity index (χ0) is 24.6. The molecule has 10 heteroatoms. The Morgan fingerprint density at radius 3 is 3.03 bits per heavy atom. The van der Waals surface area contributed by atoms with Crippen LogP contribution < -0.4 is 5.32 Å². The molecular formula is C26H26F2N4O2S2. The number of thiophene rings is 1. The third kappa shape index (κ3) is 4.52. The first-order chi connectivity index (χ1) is 17.6. The minimum absolute atomic E-state index is 0.0745. The molecule has 4 aromatic rings. The fourth-order valence-electron chi connectivity index (χ4n) is 4.85. The van der Waals surface area contributed by atoms with Gasteiger partial charge in [0.25, 0.3) is 0 Å². The summed E-state index contributed by atoms with van der Waals surface area (Å²) < 4.78 is 41.8. The minimum Gasteiger partial charge on any atom is -0.353 e. The summed E-state index contributed by atoms with van der Waals surface area (Å²) in [6.45, 7) is 5.29. The number of hydrogen-bond acceptors (Lipinski definition) is 8. The van der Waals surface area contributed by atoms with E-state index in [2.05, 4.69) is 39.3 Å². The van der Waals surface area contributed by atoms with Gasteiger partial charge in [-0.05, 0) is 50.0 Å². The molecule has 3 aromatic heterocycles. The third-order valence-electron chi connectivity index (χ3n) is 6.86. The Morgan fingerprint density at radius 1 is 1.25 bits per heavy atom. The number of benzene rings is 1. The van der Waals surface area contributed by atoms with Crippen molar-refractivity contribution in [2.75, 3.05) is 31.6 Å². The first-order valence-corrected chi connectivity index (χ1v) is 13.8. The maximum atomic E-state index is 15.0. The second kappa shape index (κ2) is 10.1. The van der Waals surface area contributed by atoms with Crippen LogP contribution in [0.5, 0.6) is 0 Å². The van der Waals surface area contributed by atoms with Crippen molar-refractivity contribution in [1.29, 1.82) is 0 Å². The first-order valence-electron chi connectivity index (χ1n) is 12.1. The van der Waals surface area contributed by atoms with E-state index in [1.807, 2.05) is 0 Å². The summed E-state index contributed by atoms with van der Waals surface area (Å²) in [6, 6.07) is 5.35. The van der Waals surface area contributed by atoms with Crippen molar-refractivity contribution in [2.24, 2.45) is 0 Å². The predicted molar refractivity (Wildman–Crippen MR) is 141 cm³/mol. The second-order valence-corrected chi connectivity index (χ2v) is 11.0. The van der Waals surface area contributed by atoms with Crippen molar-refractivity contribution in [1.82, 2.24) is 14.9 Å². The molecule has 0 spiro atoms. The Labute approximate surface area is 215 Å². The van der Waals surface area contributed by atoms with Crippen LogP contribution in [0.4, 0.5) is 20.2 Å². The highest BCUT2D eigenvalue weighted by atomic mass is 32.1. The van der Waals surface area contributed by atoms with Gasteiger partial charge < -0.3 is 14.8 Å². The van der Waals surface area contributed by atoms with Gasteiger partial charge in [-0.15, -0.1) is 22.7 Å². The molecule has 6 nitrogen and oxygen atoms in total. The van der Waals surface area contributed by atoms with E-state index in [9.17, 15) is 4.39 Å². The molecule has 2 aliphatic heterocycles. The Bertz CT molecular complexity index is 1430.